The summed E-state index contributed by atoms with van der Waals surface area (Å²) in [6.07, 6.45) is 0. The number of aryl methyl sites for hydroxylation is 1. The van der Waals surface area contributed by atoms with Crippen molar-refractivity contribution in [3.8, 4) is 5.75 Å². The van der Waals surface area contributed by atoms with Gasteiger partial charge in [0, 0.05) is 11.8 Å². The van der Waals surface area contributed by atoms with E-state index in [4.69, 9.17) is 0 Å². The highest BCUT2D eigenvalue weighted by molar-refractivity contribution is 6.03. The Morgan fingerprint density at radius 3 is 2.68 bits per heavy atom. The van der Waals surface area contributed by atoms with Gasteiger partial charge in [-0.3, -0.25) is 4.79 Å². The van der Waals surface area contributed by atoms with Gasteiger partial charge in [0.15, 0.2) is 5.69 Å². The van der Waals surface area contributed by atoms with Gasteiger partial charge in [-0.25, -0.2) is 4.98 Å². The van der Waals surface area contributed by atoms with Crippen molar-refractivity contribution in [3.63, 3.8) is 0 Å². The van der Waals surface area contributed by atoms with E-state index in [2.05, 4.69) is 10.3 Å². The lowest BCUT2D eigenvalue weighted by Gasteiger charge is -2.06. The molecule has 0 unspecified atom stereocenters. The molecular formula is C12H11N3O4. The molecule has 0 aliphatic rings. The fourth-order valence-corrected chi connectivity index (χ4v) is 1.60. The Labute approximate surface area is 108 Å². The van der Waals surface area contributed by atoms with Crippen LogP contribution in [0.3, 0.4) is 0 Å². The summed E-state index contributed by atoms with van der Waals surface area (Å²) in [4.78, 5) is 24.2. The topological polar surface area (TPSA) is 108 Å². The van der Waals surface area contributed by atoms with Crippen molar-refractivity contribution in [2.45, 2.75) is 6.92 Å². The molecule has 0 fully saturated rings. The third kappa shape index (κ3) is 2.71. The van der Waals surface area contributed by atoms with Gasteiger partial charge in [-0.1, -0.05) is 0 Å². The number of aromatic nitrogens is 1. The van der Waals surface area contributed by atoms with Crippen LogP contribution in [0.15, 0.2) is 30.3 Å². The number of aromatic amines is 1. The largest absolute Gasteiger partial charge is 0.508 e. The standard InChI is InChI=1S/C12H11N3O4/c1-7-6-8(16)2-3-9(7)14-12(17)10-4-5-11(13-10)15(18)19/h2-6,13,16H,1H3,(H,14,17). The molecule has 0 spiro atoms. The Hall–Kier alpha value is -2.83. The predicted octanol–water partition coefficient (Wildman–Crippen LogP) is 2.19. The number of aromatic hydroxyl groups is 1. The number of nitrogens with one attached hydrogen (secondary N) is 2. The monoisotopic (exact) mass is 261 g/mol. The number of H-pyrrole nitrogens is 1. The lowest BCUT2D eigenvalue weighted by atomic mass is 10.2. The summed E-state index contributed by atoms with van der Waals surface area (Å²) in [5.74, 6) is -0.625. The van der Waals surface area contributed by atoms with Crippen molar-refractivity contribution in [1.82, 2.24) is 4.98 Å². The lowest BCUT2D eigenvalue weighted by Crippen LogP contribution is -2.13. The maximum Gasteiger partial charge on any atom is 0.321 e. The minimum absolute atomic E-state index is 0.0965. The van der Waals surface area contributed by atoms with Crippen molar-refractivity contribution in [2.75, 3.05) is 5.32 Å². The summed E-state index contributed by atoms with van der Waals surface area (Å²) in [5, 5.41) is 22.4. The van der Waals surface area contributed by atoms with Crippen molar-refractivity contribution in [1.29, 1.82) is 0 Å². The van der Waals surface area contributed by atoms with Crippen LogP contribution in [-0.2, 0) is 0 Å². The zero-order valence-electron chi connectivity index (χ0n) is 10.0. The summed E-state index contributed by atoms with van der Waals surface area (Å²) < 4.78 is 0. The molecule has 0 aliphatic carbocycles. The van der Waals surface area contributed by atoms with Gasteiger partial charge in [-0.05, 0) is 41.7 Å². The Morgan fingerprint density at radius 2 is 2.11 bits per heavy atom. The first-order valence-electron chi connectivity index (χ1n) is 5.42. The second-order valence-corrected chi connectivity index (χ2v) is 3.97. The van der Waals surface area contributed by atoms with Crippen LogP contribution in [0.5, 0.6) is 5.75 Å². The first-order valence-corrected chi connectivity index (χ1v) is 5.42. The number of hydrogen-bond donors (Lipinski definition) is 3. The van der Waals surface area contributed by atoms with Crippen LogP contribution in [-0.4, -0.2) is 20.9 Å². The number of carbonyl (C=O) groups excluding carboxylic acids is 1. The minimum atomic E-state index is -0.609. The zero-order valence-corrected chi connectivity index (χ0v) is 10.0. The van der Waals surface area contributed by atoms with Crippen LogP contribution in [0.4, 0.5) is 11.5 Å². The van der Waals surface area contributed by atoms with Gasteiger partial charge in [0.05, 0.1) is 0 Å². The summed E-state index contributed by atoms with van der Waals surface area (Å²) >= 11 is 0. The highest BCUT2D eigenvalue weighted by Crippen LogP contribution is 2.21. The van der Waals surface area contributed by atoms with Crippen LogP contribution in [0.1, 0.15) is 16.1 Å². The lowest BCUT2D eigenvalue weighted by molar-refractivity contribution is -0.389. The number of amides is 1. The van der Waals surface area contributed by atoms with Crippen LogP contribution in [0.2, 0.25) is 0 Å². The fourth-order valence-electron chi connectivity index (χ4n) is 1.60. The molecule has 1 aromatic heterocycles. The van der Waals surface area contributed by atoms with E-state index in [0.29, 0.717) is 11.3 Å². The molecule has 0 bridgehead atoms. The quantitative estimate of drug-likeness (QED) is 0.447. The first kappa shape index (κ1) is 12.6. The molecule has 7 heteroatoms. The molecule has 3 N–H and O–H groups in total. The normalized spacial score (nSPS) is 10.2. The van der Waals surface area contributed by atoms with Crippen LogP contribution < -0.4 is 5.32 Å². The number of nitrogens with zero attached hydrogens (tertiary/aromatic N) is 1. The van der Waals surface area contributed by atoms with E-state index in [-0.39, 0.29) is 17.3 Å². The van der Waals surface area contributed by atoms with Crippen LogP contribution in [0.25, 0.3) is 0 Å². The maximum atomic E-state index is 11.9. The minimum Gasteiger partial charge on any atom is -0.508 e. The molecular weight excluding hydrogens is 250 g/mol. The Morgan fingerprint density at radius 1 is 1.37 bits per heavy atom. The number of benzene rings is 1. The molecule has 0 saturated heterocycles. The van der Waals surface area contributed by atoms with E-state index < -0.39 is 10.8 Å². The van der Waals surface area contributed by atoms with Gasteiger partial charge < -0.3 is 20.5 Å². The molecule has 19 heavy (non-hydrogen) atoms. The number of hydrogen-bond acceptors (Lipinski definition) is 4. The Balaban J connectivity index is 2.18. The molecule has 0 atom stereocenters. The second-order valence-electron chi connectivity index (χ2n) is 3.97. The van der Waals surface area contributed by atoms with E-state index >= 15 is 0 Å². The average Bonchev–Trinajstić information content (AvgIpc) is 2.82. The number of anilines is 1. The predicted molar refractivity (Wildman–Crippen MR) is 68.2 cm³/mol. The SMILES string of the molecule is Cc1cc(O)ccc1NC(=O)c1ccc([N+](=O)[O-])[nH]1. The second kappa shape index (κ2) is 4.81. The van der Waals surface area contributed by atoms with E-state index in [1.807, 2.05) is 0 Å². The summed E-state index contributed by atoms with van der Waals surface area (Å²) in [5.41, 5.74) is 1.31. The molecule has 0 radical (unpaired) electrons. The highest BCUT2D eigenvalue weighted by Gasteiger charge is 2.16. The van der Waals surface area contributed by atoms with E-state index in [9.17, 15) is 20.0 Å². The summed E-state index contributed by atoms with van der Waals surface area (Å²) in [7, 11) is 0. The Bertz CT molecular complexity index is 648. The van der Waals surface area contributed by atoms with Crippen LogP contribution in [0, 0.1) is 17.0 Å². The number of nitro groups is 1. The molecule has 7 nitrogen and oxygen atoms in total. The third-order valence-electron chi connectivity index (χ3n) is 2.57. The molecule has 1 heterocycles. The zero-order chi connectivity index (χ0) is 14.0. The van der Waals surface area contributed by atoms with Crippen LogP contribution >= 0.6 is 0 Å². The van der Waals surface area contributed by atoms with Gasteiger partial charge in [-0.2, -0.15) is 0 Å². The molecule has 1 amide bonds. The molecule has 2 rings (SSSR count). The van der Waals surface area contributed by atoms with Crippen molar-refractivity contribution >= 4 is 17.4 Å². The van der Waals surface area contributed by atoms with Gasteiger partial charge in [-0.15, -0.1) is 0 Å². The number of phenolic OH excluding ortho intramolecular Hbond substituents is 1. The average molecular weight is 261 g/mol. The molecule has 98 valence electrons. The highest BCUT2D eigenvalue weighted by atomic mass is 16.6. The maximum absolute atomic E-state index is 11.9. The van der Waals surface area contributed by atoms with Crippen molar-refractivity contribution in [3.05, 3.63) is 51.7 Å². The molecule has 1 aromatic carbocycles. The molecule has 2 aromatic rings. The fraction of sp³-hybridized carbons (Fsp3) is 0.0833. The summed E-state index contributed by atoms with van der Waals surface area (Å²) in [6, 6.07) is 7.06. The van der Waals surface area contributed by atoms with E-state index in [0.717, 1.165) is 0 Å². The Kier molecular flexibility index (Phi) is 3.19. The number of rotatable bonds is 3. The van der Waals surface area contributed by atoms with E-state index in [1.165, 1.54) is 24.3 Å². The van der Waals surface area contributed by atoms with Gasteiger partial charge >= 0.3 is 5.82 Å². The molecule has 0 aliphatic heterocycles. The smallest absolute Gasteiger partial charge is 0.321 e. The van der Waals surface area contributed by atoms with Gasteiger partial charge in [0.25, 0.3) is 5.91 Å². The van der Waals surface area contributed by atoms with Gasteiger partial charge in [0.1, 0.15) is 5.75 Å². The summed E-state index contributed by atoms with van der Waals surface area (Å²) in [6.45, 7) is 1.73. The van der Waals surface area contributed by atoms with Crippen molar-refractivity contribution in [2.24, 2.45) is 0 Å². The van der Waals surface area contributed by atoms with E-state index in [1.54, 1.807) is 13.0 Å². The first-order chi connectivity index (χ1) is 8.97. The van der Waals surface area contributed by atoms with Gasteiger partial charge in [0.2, 0.25) is 0 Å². The number of phenols is 1. The number of carbonyl (C=O) groups is 1. The van der Waals surface area contributed by atoms with Crippen molar-refractivity contribution < 1.29 is 14.8 Å². The molecule has 0 saturated carbocycles. The third-order valence-corrected chi connectivity index (χ3v) is 2.57.